The highest BCUT2D eigenvalue weighted by molar-refractivity contribution is 6.43. The topological polar surface area (TPSA) is 41.1 Å². The summed E-state index contributed by atoms with van der Waals surface area (Å²) in [6, 6.07) is 5.12. The van der Waals surface area contributed by atoms with Crippen LogP contribution < -0.4 is 10.6 Å². The number of rotatable bonds is 6. The molecule has 0 saturated carbocycles. The van der Waals surface area contributed by atoms with Crippen LogP contribution in [0, 0.1) is 0 Å². The van der Waals surface area contributed by atoms with Crippen LogP contribution in [0.5, 0.6) is 0 Å². The molecule has 0 saturated heterocycles. The molecule has 0 radical (unpaired) electrons. The number of nitrogens with one attached hydrogen (secondary N) is 2. The molecule has 1 aromatic carbocycles. The van der Waals surface area contributed by atoms with Crippen LogP contribution in [-0.2, 0) is 4.79 Å². The van der Waals surface area contributed by atoms with E-state index in [9.17, 15) is 4.79 Å². The van der Waals surface area contributed by atoms with Gasteiger partial charge in [-0.1, -0.05) is 35.3 Å². The minimum Gasteiger partial charge on any atom is -0.325 e. The summed E-state index contributed by atoms with van der Waals surface area (Å²) >= 11 is 11.8. The zero-order valence-electron chi connectivity index (χ0n) is 9.30. The second-order valence-corrected chi connectivity index (χ2v) is 4.18. The Morgan fingerprint density at radius 1 is 1.41 bits per heavy atom. The van der Waals surface area contributed by atoms with Crippen LogP contribution in [0.15, 0.2) is 30.9 Å². The highest BCUT2D eigenvalue weighted by Crippen LogP contribution is 2.29. The van der Waals surface area contributed by atoms with Gasteiger partial charge >= 0.3 is 0 Å². The van der Waals surface area contributed by atoms with Gasteiger partial charge in [-0.2, -0.15) is 0 Å². The summed E-state index contributed by atoms with van der Waals surface area (Å²) in [6.07, 6.45) is 2.11. The second kappa shape index (κ2) is 7.33. The first-order valence-corrected chi connectivity index (χ1v) is 5.96. The largest absolute Gasteiger partial charge is 0.325 e. The zero-order valence-corrected chi connectivity index (χ0v) is 10.8. The van der Waals surface area contributed by atoms with Gasteiger partial charge in [-0.05, 0) is 12.1 Å². The Balaban J connectivity index is 2.45. The van der Waals surface area contributed by atoms with E-state index >= 15 is 0 Å². The third-order valence-electron chi connectivity index (χ3n) is 2.04. The average molecular weight is 273 g/mol. The standard InChI is InChI=1S/C12H14Cl2N2O/c1-2-7-15-8-6-11(17)16-10-5-3-4-9(13)12(10)14/h2-5,15H,1,6-8H2,(H,16,17). The monoisotopic (exact) mass is 272 g/mol. The van der Waals surface area contributed by atoms with Crippen molar-refractivity contribution >= 4 is 34.8 Å². The molecule has 0 bridgehead atoms. The second-order valence-electron chi connectivity index (χ2n) is 3.39. The van der Waals surface area contributed by atoms with Crippen LogP contribution in [0.4, 0.5) is 5.69 Å². The quantitative estimate of drug-likeness (QED) is 0.617. The van der Waals surface area contributed by atoms with Crippen molar-refractivity contribution in [2.45, 2.75) is 6.42 Å². The van der Waals surface area contributed by atoms with Crippen molar-refractivity contribution in [3.05, 3.63) is 40.9 Å². The van der Waals surface area contributed by atoms with E-state index in [1.54, 1.807) is 24.3 Å². The van der Waals surface area contributed by atoms with Gasteiger partial charge in [0.1, 0.15) is 0 Å². The SMILES string of the molecule is C=CCNCCC(=O)Nc1cccc(Cl)c1Cl. The van der Waals surface area contributed by atoms with Gasteiger partial charge in [-0.3, -0.25) is 4.79 Å². The highest BCUT2D eigenvalue weighted by atomic mass is 35.5. The molecule has 0 aliphatic rings. The van der Waals surface area contributed by atoms with Crippen LogP contribution in [0.2, 0.25) is 10.0 Å². The lowest BCUT2D eigenvalue weighted by molar-refractivity contribution is -0.116. The Bertz CT molecular complexity index is 407. The van der Waals surface area contributed by atoms with E-state index in [-0.39, 0.29) is 5.91 Å². The summed E-state index contributed by atoms with van der Waals surface area (Å²) in [4.78, 5) is 11.6. The van der Waals surface area contributed by atoms with Gasteiger partial charge in [-0.25, -0.2) is 0 Å². The maximum absolute atomic E-state index is 11.6. The molecule has 0 aliphatic heterocycles. The van der Waals surface area contributed by atoms with Crippen molar-refractivity contribution in [2.24, 2.45) is 0 Å². The van der Waals surface area contributed by atoms with Gasteiger partial charge in [0.25, 0.3) is 0 Å². The van der Waals surface area contributed by atoms with Gasteiger partial charge in [0.15, 0.2) is 0 Å². The number of amides is 1. The maximum Gasteiger partial charge on any atom is 0.225 e. The van der Waals surface area contributed by atoms with Gasteiger partial charge in [-0.15, -0.1) is 6.58 Å². The van der Waals surface area contributed by atoms with Gasteiger partial charge in [0.05, 0.1) is 15.7 Å². The Kier molecular flexibility index (Phi) is 6.05. The molecule has 17 heavy (non-hydrogen) atoms. The average Bonchev–Trinajstić information content (AvgIpc) is 2.31. The first-order chi connectivity index (χ1) is 8.15. The fraction of sp³-hybridized carbons (Fsp3) is 0.250. The summed E-state index contributed by atoms with van der Waals surface area (Å²) in [5.74, 6) is -0.106. The van der Waals surface area contributed by atoms with Crippen molar-refractivity contribution in [1.29, 1.82) is 0 Å². The molecule has 0 aliphatic carbocycles. The predicted octanol–water partition coefficient (Wildman–Crippen LogP) is 3.10. The smallest absolute Gasteiger partial charge is 0.225 e. The van der Waals surface area contributed by atoms with Crippen LogP contribution in [0.3, 0.4) is 0 Å². The normalized spacial score (nSPS) is 10.0. The molecule has 1 rings (SSSR count). The summed E-state index contributed by atoms with van der Waals surface area (Å²) in [5.41, 5.74) is 0.535. The molecule has 2 N–H and O–H groups in total. The van der Waals surface area contributed by atoms with Crippen LogP contribution in [-0.4, -0.2) is 19.0 Å². The molecule has 92 valence electrons. The van der Waals surface area contributed by atoms with E-state index in [0.717, 1.165) is 0 Å². The van der Waals surface area contributed by atoms with Crippen molar-refractivity contribution in [3.63, 3.8) is 0 Å². The summed E-state index contributed by atoms with van der Waals surface area (Å²) in [7, 11) is 0. The maximum atomic E-state index is 11.6. The lowest BCUT2D eigenvalue weighted by atomic mass is 10.3. The summed E-state index contributed by atoms with van der Waals surface area (Å²) in [6.45, 7) is 4.85. The molecule has 0 aromatic heterocycles. The Morgan fingerprint density at radius 2 is 2.18 bits per heavy atom. The number of carbonyl (C=O) groups excluding carboxylic acids is 1. The van der Waals surface area contributed by atoms with Crippen molar-refractivity contribution in [2.75, 3.05) is 18.4 Å². The van der Waals surface area contributed by atoms with Crippen molar-refractivity contribution in [1.82, 2.24) is 5.32 Å². The first kappa shape index (κ1) is 14.0. The van der Waals surface area contributed by atoms with Crippen LogP contribution in [0.25, 0.3) is 0 Å². The summed E-state index contributed by atoms with van der Waals surface area (Å²) in [5, 5.41) is 6.53. The molecule has 1 amide bonds. The van der Waals surface area contributed by atoms with E-state index in [0.29, 0.717) is 35.2 Å². The number of halogens is 2. The Morgan fingerprint density at radius 3 is 2.88 bits per heavy atom. The van der Waals surface area contributed by atoms with E-state index in [4.69, 9.17) is 23.2 Å². The molecule has 0 fully saturated rings. The number of carbonyl (C=O) groups is 1. The lowest BCUT2D eigenvalue weighted by Gasteiger charge is -2.08. The van der Waals surface area contributed by atoms with E-state index < -0.39 is 0 Å². The Hall–Kier alpha value is -1.03. The fourth-order valence-corrected chi connectivity index (χ4v) is 1.57. The summed E-state index contributed by atoms with van der Waals surface area (Å²) < 4.78 is 0. The molecule has 0 spiro atoms. The van der Waals surface area contributed by atoms with E-state index in [1.807, 2.05) is 0 Å². The molecule has 0 atom stereocenters. The molecular formula is C12H14Cl2N2O. The minimum absolute atomic E-state index is 0.106. The molecule has 1 aromatic rings. The third-order valence-corrected chi connectivity index (χ3v) is 2.86. The van der Waals surface area contributed by atoms with Crippen molar-refractivity contribution in [3.8, 4) is 0 Å². The third kappa shape index (κ3) is 4.77. The molecule has 0 heterocycles. The number of hydrogen-bond acceptors (Lipinski definition) is 2. The zero-order chi connectivity index (χ0) is 12.7. The van der Waals surface area contributed by atoms with Crippen LogP contribution >= 0.6 is 23.2 Å². The molecular weight excluding hydrogens is 259 g/mol. The number of hydrogen-bond donors (Lipinski definition) is 2. The van der Waals surface area contributed by atoms with Gasteiger partial charge < -0.3 is 10.6 Å². The Labute approximate surface area is 111 Å². The fourth-order valence-electron chi connectivity index (χ4n) is 1.22. The van der Waals surface area contributed by atoms with E-state index in [1.165, 1.54) is 0 Å². The van der Waals surface area contributed by atoms with Crippen LogP contribution in [0.1, 0.15) is 6.42 Å². The van der Waals surface area contributed by atoms with Gasteiger partial charge in [0, 0.05) is 19.5 Å². The van der Waals surface area contributed by atoms with Crippen molar-refractivity contribution < 1.29 is 4.79 Å². The highest BCUT2D eigenvalue weighted by Gasteiger charge is 2.07. The number of anilines is 1. The van der Waals surface area contributed by atoms with E-state index in [2.05, 4.69) is 17.2 Å². The first-order valence-electron chi connectivity index (χ1n) is 5.20. The molecule has 3 nitrogen and oxygen atoms in total. The molecule has 5 heteroatoms. The predicted molar refractivity (Wildman–Crippen MR) is 72.8 cm³/mol. The minimum atomic E-state index is -0.106. The lowest BCUT2D eigenvalue weighted by Crippen LogP contribution is -2.21. The molecule has 0 unspecified atom stereocenters. The number of benzene rings is 1. The van der Waals surface area contributed by atoms with Gasteiger partial charge in [0.2, 0.25) is 5.91 Å².